The molecule has 3 aromatic heterocycles. The smallest absolute Gasteiger partial charge is 0.223 e. The molecule has 0 amide bonds. The Bertz CT molecular complexity index is 3600. The third-order valence-electron chi connectivity index (χ3n) is 11.2. The van der Waals surface area contributed by atoms with Crippen LogP contribution in [0.5, 0.6) is 23.3 Å². The molecule has 10 rings (SSSR count). The lowest BCUT2D eigenvalue weighted by Crippen LogP contribution is -2.02. The number of ether oxygens (including phenoxy) is 2. The van der Waals surface area contributed by atoms with Gasteiger partial charge in [-0.2, -0.15) is 0 Å². The van der Waals surface area contributed by atoms with Gasteiger partial charge < -0.3 is 9.47 Å². The minimum absolute atomic E-state index is 0.145. The van der Waals surface area contributed by atoms with Crippen LogP contribution in [-0.4, -0.2) is 36.5 Å². The van der Waals surface area contributed by atoms with Gasteiger partial charge in [0.1, 0.15) is 28.8 Å². The van der Waals surface area contributed by atoms with Crippen LogP contribution in [0.1, 0.15) is 56.8 Å². The van der Waals surface area contributed by atoms with Crippen LogP contribution in [0.3, 0.4) is 0 Å². The van der Waals surface area contributed by atoms with Gasteiger partial charge in [0.05, 0.1) is 34.0 Å². The quantitative estimate of drug-likeness (QED) is 0.0478. The predicted molar refractivity (Wildman–Crippen MR) is 264 cm³/mol. The number of hydrogen-bond acceptors (Lipinski definition) is 9. The van der Waals surface area contributed by atoms with Gasteiger partial charge in [0, 0.05) is 50.9 Å². The number of Topliss-reactive ketones (excluding diaryl/α,β-unsaturated/α-hetero) is 2. The molecular weight excluding hydrogens is 887 g/mol. The first-order valence-corrected chi connectivity index (χ1v) is 22.0. The molecular formula is C56H40F2N8O4. The zero-order valence-electron chi connectivity index (χ0n) is 37.7. The Hall–Kier alpha value is -9.39. The Morgan fingerprint density at radius 3 is 1.61 bits per heavy atom. The van der Waals surface area contributed by atoms with Crippen molar-refractivity contribution in [2.24, 2.45) is 5.11 Å². The lowest BCUT2D eigenvalue weighted by atomic mass is 10.0. The summed E-state index contributed by atoms with van der Waals surface area (Å²) in [6.45, 7) is 2.74. The van der Waals surface area contributed by atoms with E-state index in [0.29, 0.717) is 41.3 Å². The number of pyridine rings is 2. The highest BCUT2D eigenvalue weighted by Crippen LogP contribution is 2.35. The highest BCUT2D eigenvalue weighted by molar-refractivity contribution is 5.97. The van der Waals surface area contributed by atoms with E-state index in [4.69, 9.17) is 20.0 Å². The summed E-state index contributed by atoms with van der Waals surface area (Å²) >= 11 is 0. The van der Waals surface area contributed by atoms with Gasteiger partial charge in [0.25, 0.3) is 0 Å². The lowest BCUT2D eigenvalue weighted by molar-refractivity contribution is 0.100. The number of hydrogen-bond donors (Lipinski definition) is 0. The van der Waals surface area contributed by atoms with Crippen LogP contribution in [0, 0.1) is 11.6 Å². The third-order valence-corrected chi connectivity index (χ3v) is 11.2. The molecule has 7 aromatic carbocycles. The van der Waals surface area contributed by atoms with E-state index in [0.717, 1.165) is 56.0 Å². The molecule has 0 atom stereocenters. The standard InChI is InChI=1S/C32H23FN4O2.C24H17FN4O2/c1-21(38)28-19-26(33)12-15-31(28)39-32-25(16-22-8-4-2-5-9-22)17-24-18-27(13-14-29(24)34-32)37-20-30(35-36-37)23-10-6-3-7-11-23;1-15(30)21-14-19(25)7-10-23(21)31-24-18(11-16-5-3-2-4-6-16)12-17-13-20(28-29-26)8-9-22(17)27-24/h2-15,17-20H,16H2,1H3;2-10,12-14H,11H2,1H3. The number of aromatic nitrogens is 5. The van der Waals surface area contributed by atoms with Gasteiger partial charge in [0.15, 0.2) is 11.6 Å². The molecule has 0 aliphatic heterocycles. The third kappa shape index (κ3) is 10.7. The van der Waals surface area contributed by atoms with Gasteiger partial charge >= 0.3 is 0 Å². The van der Waals surface area contributed by atoms with Crippen molar-refractivity contribution < 1.29 is 27.8 Å². The van der Waals surface area contributed by atoms with E-state index >= 15 is 0 Å². The molecule has 0 aliphatic rings. The molecule has 0 saturated heterocycles. The zero-order valence-corrected chi connectivity index (χ0v) is 37.7. The normalized spacial score (nSPS) is 10.8. The average Bonchev–Trinajstić information content (AvgIpc) is 3.87. The molecule has 0 fully saturated rings. The monoisotopic (exact) mass is 926 g/mol. The van der Waals surface area contributed by atoms with Gasteiger partial charge in [-0.05, 0) is 109 Å². The van der Waals surface area contributed by atoms with E-state index in [9.17, 15) is 18.4 Å². The number of azide groups is 1. The van der Waals surface area contributed by atoms with Gasteiger partial charge in [-0.15, -0.1) is 5.10 Å². The first-order chi connectivity index (χ1) is 34.1. The summed E-state index contributed by atoms with van der Waals surface area (Å²) in [5.74, 6) is -0.430. The maximum atomic E-state index is 13.9. The van der Waals surface area contributed by atoms with Gasteiger partial charge in [0.2, 0.25) is 11.8 Å². The Morgan fingerprint density at radius 2 is 1.10 bits per heavy atom. The van der Waals surface area contributed by atoms with Crippen molar-refractivity contribution in [1.29, 1.82) is 0 Å². The Labute approximate surface area is 400 Å². The fourth-order valence-electron chi connectivity index (χ4n) is 7.77. The van der Waals surface area contributed by atoms with Gasteiger partial charge in [-0.3, -0.25) is 9.59 Å². The molecule has 10 aromatic rings. The predicted octanol–water partition coefficient (Wildman–Crippen LogP) is 14.1. The van der Waals surface area contributed by atoms with Gasteiger partial charge in [-0.1, -0.05) is 107 Å². The van der Waals surface area contributed by atoms with Crippen LogP contribution in [0.25, 0.3) is 49.2 Å². The number of halogens is 2. The second kappa shape index (κ2) is 20.6. The van der Waals surface area contributed by atoms with Crippen molar-refractivity contribution in [1.82, 2.24) is 25.0 Å². The van der Waals surface area contributed by atoms with Crippen molar-refractivity contribution in [3.63, 3.8) is 0 Å². The van der Waals surface area contributed by atoms with Crippen LogP contribution in [0.2, 0.25) is 0 Å². The molecule has 342 valence electrons. The molecule has 0 unspecified atom stereocenters. The number of fused-ring (bicyclic) bond motifs is 2. The van der Waals surface area contributed by atoms with Crippen LogP contribution in [-0.2, 0) is 12.8 Å². The summed E-state index contributed by atoms with van der Waals surface area (Å²) < 4.78 is 41.5. The molecule has 14 heteroatoms. The average molecular weight is 927 g/mol. The topological polar surface area (TPSA) is 158 Å². The Morgan fingerprint density at radius 1 is 0.600 bits per heavy atom. The van der Waals surface area contributed by atoms with Crippen LogP contribution in [0.4, 0.5) is 14.5 Å². The van der Waals surface area contributed by atoms with E-state index in [1.54, 1.807) is 22.9 Å². The number of ketones is 2. The van der Waals surface area contributed by atoms with E-state index in [-0.39, 0.29) is 34.2 Å². The highest BCUT2D eigenvalue weighted by Gasteiger charge is 2.18. The molecule has 3 heterocycles. The summed E-state index contributed by atoms with van der Waals surface area (Å²) in [5, 5.41) is 14.0. The van der Waals surface area contributed by atoms with E-state index in [1.165, 1.54) is 44.2 Å². The molecule has 0 spiro atoms. The molecule has 12 nitrogen and oxygen atoms in total. The summed E-state index contributed by atoms with van der Waals surface area (Å²) in [4.78, 5) is 36.4. The van der Waals surface area contributed by atoms with E-state index in [1.807, 2.05) is 128 Å². The number of rotatable bonds is 13. The zero-order chi connectivity index (χ0) is 48.6. The summed E-state index contributed by atoms with van der Waals surface area (Å²) in [6, 6.07) is 52.3. The lowest BCUT2D eigenvalue weighted by Gasteiger charge is -2.14. The summed E-state index contributed by atoms with van der Waals surface area (Å²) in [6.07, 6.45) is 2.98. The summed E-state index contributed by atoms with van der Waals surface area (Å²) in [5.41, 5.74) is 17.2. The number of carbonyl (C=O) groups excluding carboxylic acids is 2. The first-order valence-electron chi connectivity index (χ1n) is 22.0. The van der Waals surface area contributed by atoms with E-state index < -0.39 is 11.6 Å². The molecule has 0 aliphatic carbocycles. The fourth-order valence-corrected chi connectivity index (χ4v) is 7.77. The van der Waals surface area contributed by atoms with Crippen molar-refractivity contribution in [3.05, 3.63) is 238 Å². The maximum absolute atomic E-state index is 13.9. The van der Waals surface area contributed by atoms with Crippen molar-refractivity contribution in [3.8, 4) is 40.2 Å². The van der Waals surface area contributed by atoms with Crippen molar-refractivity contribution >= 4 is 39.1 Å². The molecule has 70 heavy (non-hydrogen) atoms. The van der Waals surface area contributed by atoms with Crippen molar-refractivity contribution in [2.75, 3.05) is 0 Å². The molecule has 0 bridgehead atoms. The first kappa shape index (κ1) is 45.8. The van der Waals surface area contributed by atoms with Crippen molar-refractivity contribution in [2.45, 2.75) is 26.7 Å². The highest BCUT2D eigenvalue weighted by atomic mass is 19.1. The second-order valence-electron chi connectivity index (χ2n) is 16.2. The number of benzene rings is 7. The van der Waals surface area contributed by atoms with Crippen LogP contribution >= 0.6 is 0 Å². The molecule has 0 saturated carbocycles. The van der Waals surface area contributed by atoms with Gasteiger partial charge in [-0.25, -0.2) is 23.4 Å². The molecule has 0 radical (unpaired) electrons. The second-order valence-corrected chi connectivity index (χ2v) is 16.2. The summed E-state index contributed by atoms with van der Waals surface area (Å²) in [7, 11) is 0. The SMILES string of the molecule is CC(=O)c1cc(F)ccc1Oc1nc2ccc(-n3cc(-c4ccccc4)nn3)cc2cc1Cc1ccccc1.CC(=O)c1cc(F)ccc1Oc1nc2ccc(N=[N+]=[N-])cc2cc1Cc1ccccc1. The van der Waals surface area contributed by atoms with Crippen LogP contribution < -0.4 is 9.47 Å². The maximum Gasteiger partial charge on any atom is 0.223 e. The molecule has 0 N–H and O–H groups in total. The minimum Gasteiger partial charge on any atom is -0.438 e. The largest absolute Gasteiger partial charge is 0.438 e. The Balaban J connectivity index is 0.000000179. The van der Waals surface area contributed by atoms with Crippen LogP contribution in [0.15, 0.2) is 187 Å². The number of carbonyl (C=O) groups is 2. The minimum atomic E-state index is -0.515. The fraction of sp³-hybridized carbons (Fsp3) is 0.0714. The van der Waals surface area contributed by atoms with E-state index in [2.05, 4.69) is 25.3 Å². The number of nitrogens with zero attached hydrogens (tertiary/aromatic N) is 8. The Kier molecular flexibility index (Phi) is 13.5.